The molecule has 4 N–H and O–H groups in total. The maximum absolute atomic E-state index is 10.3. The molecule has 0 heterocycles. The molecule has 8 heteroatoms. The van der Waals surface area contributed by atoms with Gasteiger partial charge in [0.2, 0.25) is 0 Å². The second-order valence-corrected chi connectivity index (χ2v) is 3.08. The van der Waals surface area contributed by atoms with E-state index in [0.29, 0.717) is 0 Å². The van der Waals surface area contributed by atoms with Gasteiger partial charge in [0.1, 0.15) is 0 Å². The van der Waals surface area contributed by atoms with Gasteiger partial charge in [-0.2, -0.15) is 17.8 Å². The van der Waals surface area contributed by atoms with E-state index in [1.807, 2.05) is 0 Å². The van der Waals surface area contributed by atoms with Crippen LogP contribution in [-0.4, -0.2) is 50.0 Å². The molecule has 74 valence electrons. The van der Waals surface area contributed by atoms with Crippen LogP contribution in [0.3, 0.4) is 0 Å². The van der Waals surface area contributed by atoms with Crippen LogP contribution in [0.2, 0.25) is 0 Å². The van der Waals surface area contributed by atoms with Crippen molar-refractivity contribution in [2.75, 3.05) is 26.3 Å². The van der Waals surface area contributed by atoms with Crippen LogP contribution in [0.4, 0.5) is 0 Å². The molecule has 0 bridgehead atoms. The molecule has 0 aromatic carbocycles. The van der Waals surface area contributed by atoms with E-state index in [-0.39, 0.29) is 26.3 Å². The van der Waals surface area contributed by atoms with Crippen LogP contribution in [0.5, 0.6) is 0 Å². The van der Waals surface area contributed by atoms with E-state index in [0.717, 1.165) is 5.06 Å². The highest BCUT2D eigenvalue weighted by Gasteiger charge is 2.11. The number of aliphatic hydroxyl groups is 2. The Labute approximate surface area is 70.6 Å². The smallest absolute Gasteiger partial charge is 0.349 e. The number of hydrogen-bond acceptors (Lipinski definition) is 6. The molecule has 0 saturated heterocycles. The number of rotatable bonds is 6. The predicted molar refractivity (Wildman–Crippen MR) is 39.9 cm³/mol. The van der Waals surface area contributed by atoms with Crippen molar-refractivity contribution in [2.45, 2.75) is 0 Å². The average molecular weight is 200 g/mol. The van der Waals surface area contributed by atoms with Crippen molar-refractivity contribution >= 4 is 10.3 Å². The first-order chi connectivity index (χ1) is 5.49. The first-order valence-corrected chi connectivity index (χ1v) is 4.65. The van der Waals surface area contributed by atoms with Crippen LogP contribution in [0, 0.1) is 0 Å². The third-order valence-corrected chi connectivity index (χ3v) is 1.33. The Morgan fingerprint density at radius 2 is 1.67 bits per heavy atom. The summed E-state index contributed by atoms with van der Waals surface area (Å²) in [4.78, 5) is 0. The predicted octanol–water partition coefficient (Wildman–Crippen LogP) is -2.59. The minimum absolute atomic E-state index is 0.0308. The van der Waals surface area contributed by atoms with Crippen LogP contribution in [0.15, 0.2) is 0 Å². The van der Waals surface area contributed by atoms with E-state index in [1.165, 1.54) is 0 Å². The first-order valence-electron chi connectivity index (χ1n) is 3.18. The summed E-state index contributed by atoms with van der Waals surface area (Å²) in [5.41, 5.74) is 0. The Balaban J connectivity index is 3.95. The highest BCUT2D eigenvalue weighted by molar-refractivity contribution is 7.84. The van der Waals surface area contributed by atoms with Gasteiger partial charge in [-0.1, -0.05) is 0 Å². The maximum atomic E-state index is 10.3. The molecular weight excluding hydrogens is 188 g/mol. The Hall–Kier alpha value is -0.250. The molecule has 0 radical (unpaired) electrons. The molecule has 0 aromatic rings. The van der Waals surface area contributed by atoms with Crippen LogP contribution in [0.1, 0.15) is 0 Å². The molecule has 0 aromatic heterocycles. The first kappa shape index (κ1) is 11.8. The summed E-state index contributed by atoms with van der Waals surface area (Å²) >= 11 is 0. The fourth-order valence-corrected chi connectivity index (χ4v) is 0.999. The number of hydroxylamine groups is 2. The number of nitrogens with zero attached hydrogens (tertiary/aromatic N) is 1. The normalized spacial score (nSPS) is 12.3. The fourth-order valence-electron chi connectivity index (χ4n) is 0.556. The topological polar surface area (TPSA) is 113 Å². The number of nitrogens with two attached hydrogens (primary N) is 1. The third-order valence-electron chi connectivity index (χ3n) is 0.908. The van der Waals surface area contributed by atoms with Crippen molar-refractivity contribution in [3.8, 4) is 0 Å². The third kappa shape index (κ3) is 6.46. The van der Waals surface area contributed by atoms with Gasteiger partial charge < -0.3 is 10.2 Å². The van der Waals surface area contributed by atoms with Gasteiger partial charge in [-0.3, -0.25) is 0 Å². The summed E-state index contributed by atoms with van der Waals surface area (Å²) < 4.78 is 24.9. The summed E-state index contributed by atoms with van der Waals surface area (Å²) in [5.74, 6) is 0. The summed E-state index contributed by atoms with van der Waals surface area (Å²) in [6, 6.07) is 0. The van der Waals surface area contributed by atoms with E-state index in [2.05, 4.69) is 9.42 Å². The second-order valence-electron chi connectivity index (χ2n) is 1.94. The lowest BCUT2D eigenvalue weighted by atomic mass is 10.6. The van der Waals surface area contributed by atoms with Gasteiger partial charge in [0.25, 0.3) is 0 Å². The largest absolute Gasteiger partial charge is 0.395 e. The van der Waals surface area contributed by atoms with Gasteiger partial charge in [0.15, 0.2) is 0 Å². The summed E-state index contributed by atoms with van der Waals surface area (Å²) in [6.45, 7) is -0.626. The summed E-state index contributed by atoms with van der Waals surface area (Å²) in [6.07, 6.45) is 0. The molecule has 12 heavy (non-hydrogen) atoms. The Morgan fingerprint density at radius 3 is 1.92 bits per heavy atom. The van der Waals surface area contributed by atoms with Crippen LogP contribution < -0.4 is 5.14 Å². The van der Waals surface area contributed by atoms with E-state index in [4.69, 9.17) is 10.2 Å². The second kappa shape index (κ2) is 5.41. The number of hydrogen-bond donors (Lipinski definition) is 3. The average Bonchev–Trinajstić information content (AvgIpc) is 1.84. The maximum Gasteiger partial charge on any atom is 0.349 e. The Bertz CT molecular complexity index is 197. The molecule has 0 fully saturated rings. The molecule has 0 unspecified atom stereocenters. The van der Waals surface area contributed by atoms with Crippen molar-refractivity contribution in [2.24, 2.45) is 5.14 Å². The standard InChI is InChI=1S/C4H12N2O5S/c5-12(9,10)11-6(1-3-7)2-4-8/h7-8H,1-4H2,(H2,5,9,10). The van der Waals surface area contributed by atoms with Gasteiger partial charge in [-0.05, 0) is 0 Å². The van der Waals surface area contributed by atoms with Crippen molar-refractivity contribution in [3.63, 3.8) is 0 Å². The zero-order valence-corrected chi connectivity index (χ0v) is 7.20. The lowest BCUT2D eigenvalue weighted by Crippen LogP contribution is -2.35. The summed E-state index contributed by atoms with van der Waals surface area (Å²) in [5, 5.41) is 22.2. The molecule has 0 aliphatic rings. The fraction of sp³-hybridized carbons (Fsp3) is 1.00. The van der Waals surface area contributed by atoms with Gasteiger partial charge in [-0.25, -0.2) is 5.14 Å². The minimum Gasteiger partial charge on any atom is -0.395 e. The molecular formula is C4H12N2O5S. The molecule has 0 atom stereocenters. The molecule has 0 spiro atoms. The molecule has 0 amide bonds. The molecule has 0 rings (SSSR count). The molecule has 7 nitrogen and oxygen atoms in total. The molecule has 0 aliphatic heterocycles. The van der Waals surface area contributed by atoms with Crippen molar-refractivity contribution < 1.29 is 22.9 Å². The Morgan fingerprint density at radius 1 is 1.25 bits per heavy atom. The molecule has 0 saturated carbocycles. The van der Waals surface area contributed by atoms with Crippen LogP contribution >= 0.6 is 0 Å². The van der Waals surface area contributed by atoms with Crippen molar-refractivity contribution in [3.05, 3.63) is 0 Å². The monoisotopic (exact) mass is 200 g/mol. The zero-order chi connectivity index (χ0) is 9.61. The van der Waals surface area contributed by atoms with E-state index >= 15 is 0 Å². The van der Waals surface area contributed by atoms with Gasteiger partial charge in [-0.15, -0.1) is 0 Å². The highest BCUT2D eigenvalue weighted by Crippen LogP contribution is 1.92. The van der Waals surface area contributed by atoms with Gasteiger partial charge in [0, 0.05) is 13.1 Å². The SMILES string of the molecule is NS(=O)(=O)ON(CCO)CCO. The van der Waals surface area contributed by atoms with E-state index in [9.17, 15) is 8.42 Å². The van der Waals surface area contributed by atoms with Crippen LogP contribution in [-0.2, 0) is 14.6 Å². The number of aliphatic hydroxyl groups excluding tert-OH is 2. The van der Waals surface area contributed by atoms with Gasteiger partial charge in [0.05, 0.1) is 13.2 Å². The molecule has 0 aliphatic carbocycles. The van der Waals surface area contributed by atoms with Crippen LogP contribution in [0.25, 0.3) is 0 Å². The quantitative estimate of drug-likeness (QED) is 0.405. The van der Waals surface area contributed by atoms with E-state index in [1.54, 1.807) is 0 Å². The lowest BCUT2D eigenvalue weighted by molar-refractivity contribution is -0.0695. The van der Waals surface area contributed by atoms with Crippen molar-refractivity contribution in [1.29, 1.82) is 0 Å². The zero-order valence-electron chi connectivity index (χ0n) is 6.38. The minimum atomic E-state index is -4.06. The van der Waals surface area contributed by atoms with Gasteiger partial charge >= 0.3 is 10.3 Å². The van der Waals surface area contributed by atoms with Crippen molar-refractivity contribution in [1.82, 2.24) is 5.06 Å². The summed E-state index contributed by atoms with van der Waals surface area (Å²) in [7, 11) is -4.06. The highest BCUT2D eigenvalue weighted by atomic mass is 32.2. The van der Waals surface area contributed by atoms with E-state index < -0.39 is 10.3 Å². The lowest BCUT2D eigenvalue weighted by Gasteiger charge is -2.16. The Kier molecular flexibility index (Phi) is 5.29.